The van der Waals surface area contributed by atoms with Crippen LogP contribution in [0.2, 0.25) is 0 Å². The van der Waals surface area contributed by atoms with Crippen LogP contribution in [0.3, 0.4) is 0 Å². The summed E-state index contributed by atoms with van der Waals surface area (Å²) >= 11 is 0. The van der Waals surface area contributed by atoms with E-state index in [1.165, 1.54) is 11.9 Å². The highest BCUT2D eigenvalue weighted by Crippen LogP contribution is 2.16. The quantitative estimate of drug-likeness (QED) is 0.809. The van der Waals surface area contributed by atoms with E-state index in [1.54, 1.807) is 11.0 Å². The highest BCUT2D eigenvalue weighted by Gasteiger charge is 2.08. The summed E-state index contributed by atoms with van der Waals surface area (Å²) in [6.07, 6.45) is 4.34. The number of hydrogen-bond acceptors (Lipinski definition) is 4. The Morgan fingerprint density at radius 2 is 2.16 bits per heavy atom. The first-order valence-electron chi connectivity index (χ1n) is 6.77. The fourth-order valence-electron chi connectivity index (χ4n) is 1.85. The molecule has 5 nitrogen and oxygen atoms in total. The molecule has 0 aromatic carbocycles. The molecule has 0 spiro atoms. The maximum absolute atomic E-state index is 4.64. The fraction of sp³-hybridized carbons (Fsp3) is 0.500. The predicted octanol–water partition coefficient (Wildman–Crippen LogP) is 2.29. The molecule has 0 aliphatic heterocycles. The standard InChI is InChI=1S/C14H21N5/c1-4-5-15-8-12-6-13(11(2)3)18-14(7-12)19-10-16-9-17-19/h6-7,9-11,15H,4-5,8H2,1-3H3. The maximum atomic E-state index is 4.64. The molecule has 1 N–H and O–H groups in total. The van der Waals surface area contributed by atoms with Crippen LogP contribution in [0.4, 0.5) is 0 Å². The molecule has 0 saturated carbocycles. The minimum absolute atomic E-state index is 0.397. The van der Waals surface area contributed by atoms with Gasteiger partial charge < -0.3 is 5.32 Å². The Kier molecular flexibility index (Phi) is 4.63. The second-order valence-electron chi connectivity index (χ2n) is 4.93. The lowest BCUT2D eigenvalue weighted by molar-refractivity contribution is 0.670. The molecule has 2 aromatic heterocycles. The Bertz CT molecular complexity index is 505. The zero-order chi connectivity index (χ0) is 13.7. The highest BCUT2D eigenvalue weighted by atomic mass is 15.3. The van der Waals surface area contributed by atoms with Gasteiger partial charge in [0.15, 0.2) is 5.82 Å². The van der Waals surface area contributed by atoms with Crippen molar-refractivity contribution in [3.05, 3.63) is 36.0 Å². The molecule has 19 heavy (non-hydrogen) atoms. The molecule has 102 valence electrons. The molecule has 0 bridgehead atoms. The monoisotopic (exact) mass is 259 g/mol. The van der Waals surface area contributed by atoms with E-state index in [-0.39, 0.29) is 0 Å². The molecule has 2 heterocycles. The van der Waals surface area contributed by atoms with Crippen LogP contribution in [0, 0.1) is 0 Å². The van der Waals surface area contributed by atoms with Gasteiger partial charge in [0.2, 0.25) is 0 Å². The van der Waals surface area contributed by atoms with E-state index in [0.29, 0.717) is 5.92 Å². The topological polar surface area (TPSA) is 55.6 Å². The van der Waals surface area contributed by atoms with Gasteiger partial charge >= 0.3 is 0 Å². The van der Waals surface area contributed by atoms with E-state index >= 15 is 0 Å². The number of pyridine rings is 1. The summed E-state index contributed by atoms with van der Waals surface area (Å²) in [4.78, 5) is 8.61. The predicted molar refractivity (Wildman–Crippen MR) is 75.2 cm³/mol. The van der Waals surface area contributed by atoms with Gasteiger partial charge in [0, 0.05) is 12.2 Å². The highest BCUT2D eigenvalue weighted by molar-refractivity contribution is 5.31. The van der Waals surface area contributed by atoms with Gasteiger partial charge in [-0.25, -0.2) is 14.6 Å². The van der Waals surface area contributed by atoms with Gasteiger partial charge in [-0.15, -0.1) is 0 Å². The molecular formula is C14H21N5. The maximum Gasteiger partial charge on any atom is 0.155 e. The van der Waals surface area contributed by atoms with Crippen LogP contribution >= 0.6 is 0 Å². The van der Waals surface area contributed by atoms with Crippen LogP contribution in [0.15, 0.2) is 24.8 Å². The lowest BCUT2D eigenvalue weighted by Gasteiger charge is -2.11. The SMILES string of the molecule is CCCNCc1cc(C(C)C)nc(-n2cncn2)c1. The Morgan fingerprint density at radius 3 is 2.79 bits per heavy atom. The summed E-state index contributed by atoms with van der Waals surface area (Å²) < 4.78 is 1.70. The largest absolute Gasteiger partial charge is 0.313 e. The van der Waals surface area contributed by atoms with E-state index in [2.05, 4.69) is 53.3 Å². The van der Waals surface area contributed by atoms with Crippen molar-refractivity contribution in [1.29, 1.82) is 0 Å². The molecule has 0 aliphatic rings. The van der Waals surface area contributed by atoms with Gasteiger partial charge in [0.05, 0.1) is 0 Å². The molecule has 0 radical (unpaired) electrons. The second kappa shape index (κ2) is 6.43. The first-order chi connectivity index (χ1) is 9.20. The first-order valence-corrected chi connectivity index (χ1v) is 6.77. The number of aromatic nitrogens is 4. The van der Waals surface area contributed by atoms with E-state index in [4.69, 9.17) is 0 Å². The Morgan fingerprint density at radius 1 is 1.32 bits per heavy atom. The van der Waals surface area contributed by atoms with Crippen molar-refractivity contribution < 1.29 is 0 Å². The molecule has 2 aromatic rings. The Labute approximate surface area is 114 Å². The third-order valence-corrected chi connectivity index (χ3v) is 2.89. The van der Waals surface area contributed by atoms with E-state index in [1.807, 2.05) is 0 Å². The molecule has 5 heteroatoms. The van der Waals surface area contributed by atoms with Crippen LogP contribution < -0.4 is 5.32 Å². The zero-order valence-corrected chi connectivity index (χ0v) is 11.8. The minimum Gasteiger partial charge on any atom is -0.313 e. The summed E-state index contributed by atoms with van der Waals surface area (Å²) in [7, 11) is 0. The summed E-state index contributed by atoms with van der Waals surface area (Å²) in [5, 5.41) is 7.56. The number of nitrogens with one attached hydrogen (secondary N) is 1. The van der Waals surface area contributed by atoms with Crippen molar-refractivity contribution >= 4 is 0 Å². The molecule has 0 amide bonds. The third-order valence-electron chi connectivity index (χ3n) is 2.89. The summed E-state index contributed by atoms with van der Waals surface area (Å²) in [6.45, 7) is 8.35. The normalized spacial score (nSPS) is 11.2. The molecular weight excluding hydrogens is 238 g/mol. The molecule has 0 fully saturated rings. The fourth-order valence-corrected chi connectivity index (χ4v) is 1.85. The smallest absolute Gasteiger partial charge is 0.155 e. The number of rotatable bonds is 6. The zero-order valence-electron chi connectivity index (χ0n) is 11.8. The van der Waals surface area contributed by atoms with Gasteiger partial charge in [-0.2, -0.15) is 5.10 Å². The lowest BCUT2D eigenvalue weighted by atomic mass is 10.1. The number of nitrogens with zero attached hydrogens (tertiary/aromatic N) is 4. The lowest BCUT2D eigenvalue weighted by Crippen LogP contribution is -2.15. The van der Waals surface area contributed by atoms with E-state index in [9.17, 15) is 0 Å². The minimum atomic E-state index is 0.397. The van der Waals surface area contributed by atoms with Crippen molar-refractivity contribution in [2.75, 3.05) is 6.54 Å². The van der Waals surface area contributed by atoms with Gasteiger partial charge in [0.1, 0.15) is 12.7 Å². The number of hydrogen-bond donors (Lipinski definition) is 1. The molecule has 0 unspecified atom stereocenters. The summed E-state index contributed by atoms with van der Waals surface area (Å²) in [6, 6.07) is 4.22. The van der Waals surface area contributed by atoms with Gasteiger partial charge in [-0.3, -0.25) is 0 Å². The second-order valence-corrected chi connectivity index (χ2v) is 4.93. The molecule has 0 saturated heterocycles. The summed E-state index contributed by atoms with van der Waals surface area (Å²) in [5.41, 5.74) is 2.32. The van der Waals surface area contributed by atoms with Gasteiger partial charge in [-0.1, -0.05) is 20.8 Å². The third kappa shape index (κ3) is 3.61. The van der Waals surface area contributed by atoms with Crippen molar-refractivity contribution in [1.82, 2.24) is 25.1 Å². The van der Waals surface area contributed by atoms with Crippen LogP contribution in [-0.2, 0) is 6.54 Å². The molecule has 0 atom stereocenters. The van der Waals surface area contributed by atoms with Crippen LogP contribution in [0.25, 0.3) is 5.82 Å². The average Bonchev–Trinajstić information content (AvgIpc) is 2.92. The Balaban J connectivity index is 2.27. The van der Waals surface area contributed by atoms with Crippen LogP contribution in [0.1, 0.15) is 44.4 Å². The van der Waals surface area contributed by atoms with Crippen molar-refractivity contribution in [3.63, 3.8) is 0 Å². The molecule has 0 aliphatic carbocycles. The Hall–Kier alpha value is -1.75. The van der Waals surface area contributed by atoms with Crippen molar-refractivity contribution in [2.45, 2.75) is 39.7 Å². The van der Waals surface area contributed by atoms with Crippen LogP contribution in [-0.4, -0.2) is 26.3 Å². The van der Waals surface area contributed by atoms with E-state index in [0.717, 1.165) is 31.0 Å². The van der Waals surface area contributed by atoms with Crippen molar-refractivity contribution in [2.24, 2.45) is 0 Å². The van der Waals surface area contributed by atoms with Gasteiger partial charge in [-0.05, 0) is 36.6 Å². The summed E-state index contributed by atoms with van der Waals surface area (Å²) in [5.74, 6) is 1.23. The van der Waals surface area contributed by atoms with Gasteiger partial charge in [0.25, 0.3) is 0 Å². The first kappa shape index (κ1) is 13.7. The van der Waals surface area contributed by atoms with Crippen LogP contribution in [0.5, 0.6) is 0 Å². The average molecular weight is 259 g/mol. The van der Waals surface area contributed by atoms with Crippen molar-refractivity contribution in [3.8, 4) is 5.82 Å². The molecule has 2 rings (SSSR count). The van der Waals surface area contributed by atoms with E-state index < -0.39 is 0 Å².